The number of amides is 1. The van der Waals surface area contributed by atoms with E-state index in [1.807, 2.05) is 52.0 Å². The van der Waals surface area contributed by atoms with Gasteiger partial charge < -0.3 is 15.4 Å². The number of nitrogens with one attached hydrogen (secondary N) is 2. The normalized spacial score (nSPS) is 12.1. The summed E-state index contributed by atoms with van der Waals surface area (Å²) in [6, 6.07) is 12.8. The van der Waals surface area contributed by atoms with Crippen LogP contribution in [0.2, 0.25) is 5.02 Å². The van der Waals surface area contributed by atoms with E-state index in [-0.39, 0.29) is 11.6 Å². The van der Waals surface area contributed by atoms with Crippen LogP contribution in [0.25, 0.3) is 0 Å². The van der Waals surface area contributed by atoms with Gasteiger partial charge >= 0.3 is 0 Å². The van der Waals surface area contributed by atoms with E-state index >= 15 is 0 Å². The zero-order chi connectivity index (χ0) is 20.7. The average molecular weight is 398 g/mol. The number of halogens is 1. The Morgan fingerprint density at radius 1 is 1.29 bits per heavy atom. The van der Waals surface area contributed by atoms with Gasteiger partial charge in [0.05, 0.1) is 12.6 Å². The molecule has 28 heavy (non-hydrogen) atoms. The highest BCUT2D eigenvalue weighted by molar-refractivity contribution is 6.30. The van der Waals surface area contributed by atoms with Crippen LogP contribution in [0.4, 0.5) is 5.69 Å². The number of hydrogen-bond acceptors (Lipinski definition) is 4. The number of ether oxygens (including phenoxy) is 1. The lowest BCUT2D eigenvalue weighted by atomic mass is 10.0. The summed E-state index contributed by atoms with van der Waals surface area (Å²) in [5, 5.41) is 15.9. The molecule has 1 amide bonds. The van der Waals surface area contributed by atoms with E-state index in [4.69, 9.17) is 16.3 Å². The number of nitrogens with zero attached hydrogens (tertiary/aromatic N) is 1. The average Bonchev–Trinajstić information content (AvgIpc) is 2.65. The lowest BCUT2D eigenvalue weighted by Crippen LogP contribution is -2.28. The van der Waals surface area contributed by atoms with Crippen molar-refractivity contribution in [1.82, 2.24) is 5.32 Å². The molecule has 0 aliphatic rings. The molecule has 0 fully saturated rings. The van der Waals surface area contributed by atoms with Crippen molar-refractivity contribution in [2.75, 3.05) is 11.9 Å². The Morgan fingerprint density at radius 2 is 2.04 bits per heavy atom. The molecule has 0 saturated carbocycles. The highest BCUT2D eigenvalue weighted by atomic mass is 35.5. The van der Waals surface area contributed by atoms with Gasteiger partial charge in [-0.05, 0) is 57.5 Å². The molecule has 0 aliphatic heterocycles. The standard InChI is InChI=1S/C22H24ClN3O2/c1-5-28-21-9-6-14(2)10-19(21)16(4)26-22(27)17(12-24)13-25-20-8-7-18(23)11-15(20)3/h6-11,13,16,25H,5H2,1-4H3,(H,26,27)/b17-13-. The predicted octanol–water partition coefficient (Wildman–Crippen LogP) is 5.05. The molecule has 0 radical (unpaired) electrons. The summed E-state index contributed by atoms with van der Waals surface area (Å²) in [5.74, 6) is 0.261. The first-order valence-corrected chi connectivity index (χ1v) is 9.40. The molecule has 0 aliphatic carbocycles. The summed E-state index contributed by atoms with van der Waals surface area (Å²) >= 11 is 5.95. The van der Waals surface area contributed by atoms with Gasteiger partial charge in [-0.15, -0.1) is 0 Å². The van der Waals surface area contributed by atoms with Crippen molar-refractivity contribution in [2.45, 2.75) is 33.7 Å². The summed E-state index contributed by atoms with van der Waals surface area (Å²) in [5.41, 5.74) is 3.60. The topological polar surface area (TPSA) is 74.1 Å². The van der Waals surface area contributed by atoms with Crippen molar-refractivity contribution >= 4 is 23.2 Å². The Morgan fingerprint density at radius 3 is 2.68 bits per heavy atom. The highest BCUT2D eigenvalue weighted by Gasteiger charge is 2.17. The highest BCUT2D eigenvalue weighted by Crippen LogP contribution is 2.27. The largest absolute Gasteiger partial charge is 0.494 e. The predicted molar refractivity (Wildman–Crippen MR) is 112 cm³/mol. The van der Waals surface area contributed by atoms with Crippen LogP contribution in [-0.4, -0.2) is 12.5 Å². The fourth-order valence-corrected chi connectivity index (χ4v) is 2.96. The number of carbonyl (C=O) groups excluding carboxylic acids is 1. The van der Waals surface area contributed by atoms with Gasteiger partial charge in [0.15, 0.2) is 0 Å². The maximum Gasteiger partial charge on any atom is 0.263 e. The second-order valence-corrected chi connectivity index (χ2v) is 6.88. The minimum atomic E-state index is -0.460. The van der Waals surface area contributed by atoms with Crippen LogP contribution < -0.4 is 15.4 Å². The van der Waals surface area contributed by atoms with Crippen LogP contribution >= 0.6 is 11.6 Å². The van der Waals surface area contributed by atoms with Crippen molar-refractivity contribution < 1.29 is 9.53 Å². The Balaban J connectivity index is 2.15. The molecule has 2 aromatic rings. The SMILES string of the molecule is CCOc1ccc(C)cc1C(C)NC(=O)/C(C#N)=C\Nc1ccc(Cl)cc1C. The molecule has 5 nitrogen and oxygen atoms in total. The van der Waals surface area contributed by atoms with Crippen molar-refractivity contribution in [3.63, 3.8) is 0 Å². The van der Waals surface area contributed by atoms with Crippen LogP contribution in [0.3, 0.4) is 0 Å². The third-order valence-electron chi connectivity index (χ3n) is 4.20. The van der Waals surface area contributed by atoms with Gasteiger partial charge in [-0.3, -0.25) is 4.79 Å². The van der Waals surface area contributed by atoms with E-state index < -0.39 is 5.91 Å². The van der Waals surface area contributed by atoms with Gasteiger partial charge in [-0.1, -0.05) is 29.3 Å². The monoisotopic (exact) mass is 397 g/mol. The van der Waals surface area contributed by atoms with Crippen LogP contribution in [0.1, 0.15) is 36.6 Å². The number of nitriles is 1. The number of aryl methyl sites for hydroxylation is 2. The van der Waals surface area contributed by atoms with Crippen LogP contribution in [0.15, 0.2) is 48.2 Å². The van der Waals surface area contributed by atoms with Gasteiger partial charge in [0, 0.05) is 22.5 Å². The third-order valence-corrected chi connectivity index (χ3v) is 4.44. The molecule has 0 saturated heterocycles. The van der Waals surface area contributed by atoms with Crippen LogP contribution in [0.5, 0.6) is 5.75 Å². The lowest BCUT2D eigenvalue weighted by Gasteiger charge is -2.18. The molecule has 2 rings (SSSR count). The summed E-state index contributed by atoms with van der Waals surface area (Å²) in [6.45, 7) is 8.18. The molecule has 0 bridgehead atoms. The molecule has 1 unspecified atom stereocenters. The zero-order valence-corrected chi connectivity index (χ0v) is 17.2. The minimum Gasteiger partial charge on any atom is -0.494 e. The van der Waals surface area contributed by atoms with E-state index in [1.54, 1.807) is 18.2 Å². The summed E-state index contributed by atoms with van der Waals surface area (Å²) in [6.07, 6.45) is 1.40. The van der Waals surface area contributed by atoms with E-state index in [0.29, 0.717) is 11.6 Å². The zero-order valence-electron chi connectivity index (χ0n) is 16.5. The van der Waals surface area contributed by atoms with Crippen molar-refractivity contribution in [3.8, 4) is 11.8 Å². The summed E-state index contributed by atoms with van der Waals surface area (Å²) < 4.78 is 5.66. The summed E-state index contributed by atoms with van der Waals surface area (Å²) in [4.78, 5) is 12.6. The first-order valence-electron chi connectivity index (χ1n) is 9.02. The van der Waals surface area contributed by atoms with Gasteiger partial charge in [0.1, 0.15) is 17.4 Å². The Kier molecular flexibility index (Phi) is 7.48. The molecule has 0 heterocycles. The molecule has 0 aromatic heterocycles. The van der Waals surface area contributed by atoms with Crippen molar-refractivity contribution in [2.24, 2.45) is 0 Å². The van der Waals surface area contributed by atoms with E-state index in [1.165, 1.54) is 6.20 Å². The van der Waals surface area contributed by atoms with Gasteiger partial charge in [0.25, 0.3) is 5.91 Å². The maximum atomic E-state index is 12.6. The van der Waals surface area contributed by atoms with Crippen molar-refractivity contribution in [1.29, 1.82) is 5.26 Å². The number of benzene rings is 2. The molecule has 2 aromatic carbocycles. The molecule has 6 heteroatoms. The second-order valence-electron chi connectivity index (χ2n) is 6.44. The van der Waals surface area contributed by atoms with E-state index in [2.05, 4.69) is 10.6 Å². The number of hydrogen-bond donors (Lipinski definition) is 2. The molecule has 0 spiro atoms. The number of anilines is 1. The van der Waals surface area contributed by atoms with Gasteiger partial charge in [-0.25, -0.2) is 0 Å². The number of rotatable bonds is 7. The fourth-order valence-electron chi connectivity index (χ4n) is 2.73. The molecular weight excluding hydrogens is 374 g/mol. The van der Waals surface area contributed by atoms with Gasteiger partial charge in [-0.2, -0.15) is 5.26 Å². The Labute approximate surface area is 171 Å². The third kappa shape index (κ3) is 5.51. The lowest BCUT2D eigenvalue weighted by molar-refractivity contribution is -0.117. The smallest absolute Gasteiger partial charge is 0.263 e. The first kappa shape index (κ1) is 21.3. The van der Waals surface area contributed by atoms with Crippen LogP contribution in [-0.2, 0) is 4.79 Å². The second kappa shape index (κ2) is 9.82. The molecule has 1 atom stereocenters. The Bertz CT molecular complexity index is 932. The van der Waals surface area contributed by atoms with Gasteiger partial charge in [0.2, 0.25) is 0 Å². The maximum absolute atomic E-state index is 12.6. The van der Waals surface area contributed by atoms with E-state index in [9.17, 15) is 10.1 Å². The Hall–Kier alpha value is -2.97. The first-order chi connectivity index (χ1) is 13.3. The molecule has 2 N–H and O–H groups in total. The van der Waals surface area contributed by atoms with Crippen molar-refractivity contribution in [3.05, 3.63) is 69.9 Å². The molecule has 146 valence electrons. The number of carbonyl (C=O) groups is 1. The quantitative estimate of drug-likeness (QED) is 0.506. The van der Waals surface area contributed by atoms with Crippen LogP contribution in [0, 0.1) is 25.2 Å². The minimum absolute atomic E-state index is 0.0215. The van der Waals surface area contributed by atoms with E-state index in [0.717, 1.165) is 28.1 Å². The molecular formula is C22H24ClN3O2. The fraction of sp³-hybridized carbons (Fsp3) is 0.273. The summed E-state index contributed by atoms with van der Waals surface area (Å²) in [7, 11) is 0.